The van der Waals surface area contributed by atoms with Crippen molar-refractivity contribution in [3.8, 4) is 0 Å². The van der Waals surface area contributed by atoms with Gasteiger partial charge in [-0.15, -0.1) is 0 Å². The molecule has 1 aromatic heterocycles. The summed E-state index contributed by atoms with van der Waals surface area (Å²) in [6.45, 7) is 10.6. The molecule has 3 aromatic rings. The Morgan fingerprint density at radius 2 is 1.47 bits per heavy atom. The molecule has 0 radical (unpaired) electrons. The Morgan fingerprint density at radius 1 is 0.900 bits per heavy atom. The molecule has 0 fully saturated rings. The quantitative estimate of drug-likeness (QED) is 0.229. The molecule has 0 bridgehead atoms. The van der Waals surface area contributed by atoms with Gasteiger partial charge in [0.05, 0.1) is 0 Å². The molecule has 0 saturated carbocycles. The van der Waals surface area contributed by atoms with Crippen LogP contribution in [0.2, 0.25) is 0 Å². The summed E-state index contributed by atoms with van der Waals surface area (Å²) in [7, 11) is 0. The lowest BCUT2D eigenvalue weighted by molar-refractivity contribution is -0.575. The van der Waals surface area contributed by atoms with Gasteiger partial charge in [0.1, 0.15) is 0 Å². The van der Waals surface area contributed by atoms with Crippen LogP contribution in [0.1, 0.15) is 43.0 Å². The van der Waals surface area contributed by atoms with Crippen molar-refractivity contribution in [2.24, 2.45) is 0 Å². The molecule has 2 aromatic carbocycles. The second kappa shape index (κ2) is 8.80. The number of nitrogens with zero attached hydrogens (tertiary/aromatic N) is 1. The van der Waals surface area contributed by atoms with E-state index in [1.54, 1.807) is 0 Å². The summed E-state index contributed by atoms with van der Waals surface area (Å²) in [5.74, 6) is 0.133. The summed E-state index contributed by atoms with van der Waals surface area (Å²) in [5, 5.41) is 14.5. The molecule has 3 rings (SSSR count). The molecular formula is C26H29N2OS+. The fourth-order valence-corrected chi connectivity index (χ4v) is 3.72. The zero-order valence-electron chi connectivity index (χ0n) is 18.2. The topological polar surface area (TPSA) is 36.1 Å². The summed E-state index contributed by atoms with van der Waals surface area (Å²) >= 11 is 5.74. The van der Waals surface area contributed by atoms with E-state index < -0.39 is 0 Å². The fourth-order valence-electron chi connectivity index (χ4n) is 3.40. The lowest BCUT2D eigenvalue weighted by atomic mass is 9.86. The van der Waals surface area contributed by atoms with E-state index in [-0.39, 0.29) is 11.2 Å². The number of aryl methyl sites for hydroxylation is 2. The van der Waals surface area contributed by atoms with Crippen LogP contribution in [0.3, 0.4) is 0 Å². The first-order valence-corrected chi connectivity index (χ1v) is 10.5. The van der Waals surface area contributed by atoms with Crippen LogP contribution < -0.4 is 9.88 Å². The molecule has 154 valence electrons. The molecule has 0 unspecified atom stereocenters. The third kappa shape index (κ3) is 5.14. The number of aliphatic hydroxyl groups excluding tert-OH is 1. The normalized spacial score (nSPS) is 12.3. The molecule has 0 aliphatic heterocycles. The fraction of sp³-hybridized carbons (Fsp3) is 0.231. The minimum Gasteiger partial charge on any atom is -0.502 e. The van der Waals surface area contributed by atoms with Crippen molar-refractivity contribution < 1.29 is 9.67 Å². The third-order valence-electron chi connectivity index (χ3n) is 4.92. The third-order valence-corrected chi connectivity index (χ3v) is 5.21. The number of aliphatic hydroxyl groups is 1. The van der Waals surface area contributed by atoms with Crippen molar-refractivity contribution in [2.45, 2.75) is 40.0 Å². The SMILES string of the molecule is Cc1cc(C)cc(NC(=S)/C(=C(\O)c2ccc(C(C)(C)C)cc2)[n+]2ccccc2)c1. The number of nitrogens with one attached hydrogen (secondary N) is 1. The molecule has 0 atom stereocenters. The van der Waals surface area contributed by atoms with Crippen LogP contribution in [0.25, 0.3) is 11.5 Å². The molecule has 3 nitrogen and oxygen atoms in total. The largest absolute Gasteiger partial charge is 0.502 e. The van der Waals surface area contributed by atoms with E-state index in [1.807, 2.05) is 59.4 Å². The van der Waals surface area contributed by atoms with Gasteiger partial charge in [0.2, 0.25) is 0 Å². The van der Waals surface area contributed by atoms with Crippen molar-refractivity contribution >= 4 is 34.3 Å². The van der Waals surface area contributed by atoms with Gasteiger partial charge in [0.25, 0.3) is 5.70 Å². The number of hydrogen-bond acceptors (Lipinski definition) is 2. The van der Waals surface area contributed by atoms with Gasteiger partial charge in [0.15, 0.2) is 23.1 Å². The second-order valence-corrected chi connectivity index (χ2v) is 9.05. The van der Waals surface area contributed by atoms with E-state index in [4.69, 9.17) is 12.2 Å². The maximum absolute atomic E-state index is 11.2. The first-order chi connectivity index (χ1) is 14.1. The maximum atomic E-state index is 11.2. The van der Waals surface area contributed by atoms with Crippen LogP contribution in [0.4, 0.5) is 5.69 Å². The summed E-state index contributed by atoms with van der Waals surface area (Å²) in [6.07, 6.45) is 3.76. The van der Waals surface area contributed by atoms with Crippen molar-refractivity contribution in [1.29, 1.82) is 0 Å². The number of benzene rings is 2. The van der Waals surface area contributed by atoms with Gasteiger partial charge in [0, 0.05) is 23.4 Å². The number of aromatic nitrogens is 1. The van der Waals surface area contributed by atoms with Gasteiger partial charge in [-0.25, -0.2) is 0 Å². The summed E-state index contributed by atoms with van der Waals surface area (Å²) in [5.41, 5.74) is 5.73. The van der Waals surface area contributed by atoms with Gasteiger partial charge in [-0.3, -0.25) is 0 Å². The Hall–Kier alpha value is -2.98. The van der Waals surface area contributed by atoms with E-state index in [9.17, 15) is 5.11 Å². The molecule has 0 saturated heterocycles. The predicted molar refractivity (Wildman–Crippen MR) is 130 cm³/mol. The minimum absolute atomic E-state index is 0.0504. The highest BCUT2D eigenvalue weighted by Gasteiger charge is 2.24. The highest BCUT2D eigenvalue weighted by atomic mass is 32.1. The van der Waals surface area contributed by atoms with Crippen LogP contribution in [0.15, 0.2) is 73.1 Å². The molecule has 1 heterocycles. The zero-order valence-corrected chi connectivity index (χ0v) is 19.0. The Bertz CT molecular complexity index is 1060. The van der Waals surface area contributed by atoms with Crippen LogP contribution in [-0.4, -0.2) is 10.1 Å². The van der Waals surface area contributed by atoms with Crippen molar-refractivity contribution in [3.05, 3.63) is 95.3 Å². The molecule has 0 aliphatic carbocycles. The summed E-state index contributed by atoms with van der Waals surface area (Å²) in [6, 6.07) is 20.0. The number of pyridine rings is 1. The Balaban J connectivity index is 2.05. The first-order valence-electron chi connectivity index (χ1n) is 10.1. The van der Waals surface area contributed by atoms with Crippen LogP contribution in [-0.2, 0) is 5.41 Å². The lowest BCUT2D eigenvalue weighted by Gasteiger charge is -2.19. The summed E-state index contributed by atoms with van der Waals surface area (Å²) < 4.78 is 1.84. The summed E-state index contributed by atoms with van der Waals surface area (Å²) in [4.78, 5) is 0.452. The molecule has 0 spiro atoms. The number of thiocarbonyl (C=S) groups is 1. The van der Waals surface area contributed by atoms with Crippen LogP contribution in [0.5, 0.6) is 0 Å². The molecule has 0 aliphatic rings. The molecule has 0 amide bonds. The van der Waals surface area contributed by atoms with Gasteiger partial charge < -0.3 is 10.4 Å². The van der Waals surface area contributed by atoms with E-state index in [0.717, 1.165) is 22.4 Å². The highest BCUT2D eigenvalue weighted by Crippen LogP contribution is 2.25. The first kappa shape index (κ1) is 21.7. The standard InChI is InChI=1S/C26H28N2OS/c1-18-15-19(2)17-22(16-18)27-25(30)23(28-13-7-6-8-14-28)24(29)20-9-11-21(12-10-20)26(3,4)5/h6-17H,1-5H3,(H-,27,29,30)/p+1. The zero-order chi connectivity index (χ0) is 21.9. The van der Waals surface area contributed by atoms with Crippen molar-refractivity contribution in [1.82, 2.24) is 0 Å². The van der Waals surface area contributed by atoms with Crippen molar-refractivity contribution in [3.63, 3.8) is 0 Å². The molecule has 4 heteroatoms. The Labute approximate surface area is 184 Å². The predicted octanol–water partition coefficient (Wildman–Crippen LogP) is 6.21. The minimum atomic E-state index is 0.0504. The van der Waals surface area contributed by atoms with Gasteiger partial charge in [-0.2, -0.15) is 4.57 Å². The van der Waals surface area contributed by atoms with Crippen LogP contribution >= 0.6 is 12.2 Å². The van der Waals surface area contributed by atoms with E-state index in [2.05, 4.69) is 58.1 Å². The average molecular weight is 418 g/mol. The van der Waals surface area contributed by atoms with Gasteiger partial charge >= 0.3 is 0 Å². The maximum Gasteiger partial charge on any atom is 0.288 e. The Kier molecular flexibility index (Phi) is 6.37. The molecular weight excluding hydrogens is 388 g/mol. The Morgan fingerprint density at radius 3 is 2.00 bits per heavy atom. The van der Waals surface area contributed by atoms with Gasteiger partial charge in [-0.1, -0.05) is 69.4 Å². The highest BCUT2D eigenvalue weighted by molar-refractivity contribution is 7.81. The van der Waals surface area contributed by atoms with Crippen LogP contribution in [0, 0.1) is 13.8 Å². The monoisotopic (exact) mass is 417 g/mol. The van der Waals surface area contributed by atoms with E-state index in [0.29, 0.717) is 10.7 Å². The average Bonchev–Trinajstić information content (AvgIpc) is 2.67. The van der Waals surface area contributed by atoms with E-state index >= 15 is 0 Å². The number of hydrogen-bond donors (Lipinski definition) is 2. The van der Waals surface area contributed by atoms with Crippen molar-refractivity contribution in [2.75, 3.05) is 5.32 Å². The molecule has 30 heavy (non-hydrogen) atoms. The molecule has 2 N–H and O–H groups in total. The number of anilines is 1. The smallest absolute Gasteiger partial charge is 0.288 e. The van der Waals surface area contributed by atoms with Gasteiger partial charge in [-0.05, 0) is 48.1 Å². The second-order valence-electron chi connectivity index (χ2n) is 8.64. The number of rotatable bonds is 4. The van der Waals surface area contributed by atoms with E-state index in [1.165, 1.54) is 5.56 Å². The lowest BCUT2D eigenvalue weighted by Crippen LogP contribution is -2.38.